The van der Waals surface area contributed by atoms with E-state index in [4.69, 9.17) is 0 Å². The molecule has 1 aliphatic rings. The number of nitrogens with zero attached hydrogens (tertiary/aromatic N) is 1. The van der Waals surface area contributed by atoms with E-state index < -0.39 is 11.8 Å². The number of aryl methyl sites for hydroxylation is 2. The summed E-state index contributed by atoms with van der Waals surface area (Å²) >= 11 is 0. The van der Waals surface area contributed by atoms with Crippen LogP contribution in [0.25, 0.3) is 0 Å². The van der Waals surface area contributed by atoms with Gasteiger partial charge in [-0.1, -0.05) is 35.9 Å². The van der Waals surface area contributed by atoms with E-state index in [1.165, 1.54) is 0 Å². The first kappa shape index (κ1) is 14.3. The quantitative estimate of drug-likeness (QED) is 0.822. The van der Waals surface area contributed by atoms with E-state index in [9.17, 15) is 9.59 Å². The molecule has 1 aliphatic heterocycles. The number of hydrogen-bond donors (Lipinski definition) is 1. The number of nitrogens with one attached hydrogen (secondary N) is 1. The minimum absolute atomic E-state index is 0.507. The topological polar surface area (TPSA) is 49.4 Å². The highest BCUT2D eigenvalue weighted by molar-refractivity contribution is 6.44. The molecular weight excluding hydrogens is 276 g/mol. The third-order valence-electron chi connectivity index (χ3n) is 3.86. The zero-order chi connectivity index (χ0) is 15.5. The largest absolute Gasteiger partial charge is 0.318 e. The Bertz CT molecular complexity index is 707. The predicted molar refractivity (Wildman–Crippen MR) is 86.9 cm³/mol. The maximum atomic E-state index is 12.4. The third-order valence-corrected chi connectivity index (χ3v) is 3.86. The van der Waals surface area contributed by atoms with Crippen molar-refractivity contribution in [3.63, 3.8) is 0 Å². The highest BCUT2D eigenvalue weighted by atomic mass is 16.2. The number of hydrogen-bond acceptors (Lipinski definition) is 2. The lowest BCUT2D eigenvalue weighted by Crippen LogP contribution is -2.42. The van der Waals surface area contributed by atoms with Crippen molar-refractivity contribution < 1.29 is 9.59 Å². The van der Waals surface area contributed by atoms with Gasteiger partial charge in [-0.3, -0.25) is 9.59 Å². The summed E-state index contributed by atoms with van der Waals surface area (Å²) in [4.78, 5) is 26.2. The number of carbonyl (C=O) groups is 2. The van der Waals surface area contributed by atoms with Crippen LogP contribution in [0.2, 0.25) is 0 Å². The van der Waals surface area contributed by atoms with E-state index >= 15 is 0 Å². The number of para-hydroxylation sites is 1. The maximum absolute atomic E-state index is 12.4. The van der Waals surface area contributed by atoms with Crippen LogP contribution in [-0.2, 0) is 16.0 Å². The van der Waals surface area contributed by atoms with Crippen LogP contribution in [0.1, 0.15) is 17.5 Å². The molecule has 0 bridgehead atoms. The molecule has 0 aliphatic carbocycles. The van der Waals surface area contributed by atoms with Gasteiger partial charge in [0.05, 0.1) is 0 Å². The van der Waals surface area contributed by atoms with Crippen molar-refractivity contribution in [3.8, 4) is 0 Å². The van der Waals surface area contributed by atoms with Crippen LogP contribution in [0.15, 0.2) is 48.5 Å². The summed E-state index contributed by atoms with van der Waals surface area (Å²) in [6.07, 6.45) is 1.82. The average Bonchev–Trinajstić information content (AvgIpc) is 2.55. The van der Waals surface area contributed by atoms with E-state index in [1.54, 1.807) is 17.0 Å². The standard InChI is InChI=1S/C18H18N2O2/c1-13-8-10-15(11-9-13)19-17(21)18(22)20-12-4-6-14-5-2-3-7-16(14)20/h2-3,5,7-11H,4,6,12H2,1H3,(H,19,21). The summed E-state index contributed by atoms with van der Waals surface area (Å²) in [5, 5.41) is 2.67. The summed E-state index contributed by atoms with van der Waals surface area (Å²) < 4.78 is 0. The molecule has 2 aromatic rings. The lowest BCUT2D eigenvalue weighted by molar-refractivity contribution is -0.134. The summed E-state index contributed by atoms with van der Waals surface area (Å²) in [5.74, 6) is -1.10. The molecule has 0 fully saturated rings. The predicted octanol–water partition coefficient (Wildman–Crippen LogP) is 2.91. The Balaban J connectivity index is 1.77. The molecule has 112 valence electrons. The second-order valence-corrected chi connectivity index (χ2v) is 5.51. The monoisotopic (exact) mass is 294 g/mol. The highest BCUT2D eigenvalue weighted by Gasteiger charge is 2.27. The van der Waals surface area contributed by atoms with Gasteiger partial charge < -0.3 is 10.2 Å². The fourth-order valence-corrected chi connectivity index (χ4v) is 2.69. The van der Waals surface area contributed by atoms with Gasteiger partial charge in [0, 0.05) is 17.9 Å². The van der Waals surface area contributed by atoms with Gasteiger partial charge in [0.25, 0.3) is 0 Å². The van der Waals surface area contributed by atoms with Gasteiger partial charge in [0.2, 0.25) is 0 Å². The molecule has 3 rings (SSSR count). The van der Waals surface area contributed by atoms with Gasteiger partial charge >= 0.3 is 11.8 Å². The summed E-state index contributed by atoms with van der Waals surface area (Å²) in [6.45, 7) is 2.55. The maximum Gasteiger partial charge on any atom is 0.316 e. The van der Waals surface area contributed by atoms with E-state index in [1.807, 2.05) is 43.3 Å². The van der Waals surface area contributed by atoms with Crippen LogP contribution in [0, 0.1) is 6.92 Å². The van der Waals surface area contributed by atoms with Crippen LogP contribution >= 0.6 is 0 Å². The molecule has 22 heavy (non-hydrogen) atoms. The average molecular weight is 294 g/mol. The second-order valence-electron chi connectivity index (χ2n) is 5.51. The Labute approximate surface area is 129 Å². The molecular formula is C18H18N2O2. The molecule has 1 heterocycles. The van der Waals surface area contributed by atoms with Crippen LogP contribution in [0.3, 0.4) is 0 Å². The Hall–Kier alpha value is -2.62. The Morgan fingerprint density at radius 3 is 2.55 bits per heavy atom. The second kappa shape index (κ2) is 6.02. The van der Waals surface area contributed by atoms with Crippen molar-refractivity contribution in [1.82, 2.24) is 0 Å². The third kappa shape index (κ3) is 2.86. The molecule has 0 atom stereocenters. The molecule has 2 aromatic carbocycles. The molecule has 0 unspecified atom stereocenters. The Morgan fingerprint density at radius 1 is 1.05 bits per heavy atom. The summed E-state index contributed by atoms with van der Waals surface area (Å²) in [6, 6.07) is 15.1. The first-order valence-corrected chi connectivity index (χ1v) is 7.42. The van der Waals surface area contributed by atoms with Crippen molar-refractivity contribution in [2.75, 3.05) is 16.8 Å². The number of benzene rings is 2. The molecule has 0 spiro atoms. The fourth-order valence-electron chi connectivity index (χ4n) is 2.69. The van der Waals surface area contributed by atoms with Crippen molar-refractivity contribution >= 4 is 23.2 Å². The Kier molecular flexibility index (Phi) is 3.92. The van der Waals surface area contributed by atoms with Gasteiger partial charge in [0.15, 0.2) is 0 Å². The highest BCUT2D eigenvalue weighted by Crippen LogP contribution is 2.26. The fraction of sp³-hybridized carbons (Fsp3) is 0.222. The lowest BCUT2D eigenvalue weighted by atomic mass is 10.0. The minimum atomic E-state index is -0.597. The molecule has 1 N–H and O–H groups in total. The van der Waals surface area contributed by atoms with Crippen LogP contribution in [-0.4, -0.2) is 18.4 Å². The number of anilines is 2. The summed E-state index contributed by atoms with van der Waals surface area (Å²) in [5.41, 5.74) is 3.70. The first-order valence-electron chi connectivity index (χ1n) is 7.42. The zero-order valence-corrected chi connectivity index (χ0v) is 12.5. The van der Waals surface area contributed by atoms with Crippen molar-refractivity contribution in [3.05, 3.63) is 59.7 Å². The number of rotatable bonds is 1. The number of fused-ring (bicyclic) bond motifs is 1. The number of carbonyl (C=O) groups excluding carboxylic acids is 2. The molecule has 4 heteroatoms. The first-order chi connectivity index (χ1) is 10.6. The van der Waals surface area contributed by atoms with Crippen molar-refractivity contribution in [1.29, 1.82) is 0 Å². The van der Waals surface area contributed by atoms with E-state index in [0.29, 0.717) is 12.2 Å². The molecule has 4 nitrogen and oxygen atoms in total. The molecule has 0 saturated heterocycles. The van der Waals surface area contributed by atoms with Crippen LogP contribution in [0.5, 0.6) is 0 Å². The van der Waals surface area contributed by atoms with Gasteiger partial charge in [-0.25, -0.2) is 0 Å². The van der Waals surface area contributed by atoms with Gasteiger partial charge in [-0.2, -0.15) is 0 Å². The molecule has 0 radical (unpaired) electrons. The van der Waals surface area contributed by atoms with Crippen LogP contribution < -0.4 is 10.2 Å². The van der Waals surface area contributed by atoms with Crippen molar-refractivity contribution in [2.24, 2.45) is 0 Å². The molecule has 2 amide bonds. The zero-order valence-electron chi connectivity index (χ0n) is 12.5. The molecule has 0 aromatic heterocycles. The Morgan fingerprint density at radius 2 is 1.77 bits per heavy atom. The van der Waals surface area contributed by atoms with Crippen LogP contribution in [0.4, 0.5) is 11.4 Å². The minimum Gasteiger partial charge on any atom is -0.318 e. The van der Waals surface area contributed by atoms with Gasteiger partial charge in [-0.15, -0.1) is 0 Å². The van der Waals surface area contributed by atoms with Gasteiger partial charge in [-0.05, 0) is 43.5 Å². The smallest absolute Gasteiger partial charge is 0.316 e. The normalized spacial score (nSPS) is 13.4. The summed E-state index contributed by atoms with van der Waals surface area (Å²) in [7, 11) is 0. The SMILES string of the molecule is Cc1ccc(NC(=O)C(=O)N2CCCc3ccccc32)cc1. The van der Waals surface area contributed by atoms with E-state index in [-0.39, 0.29) is 0 Å². The van der Waals surface area contributed by atoms with Crippen molar-refractivity contribution in [2.45, 2.75) is 19.8 Å². The molecule has 0 saturated carbocycles. The van der Waals surface area contributed by atoms with E-state index in [0.717, 1.165) is 29.7 Å². The van der Waals surface area contributed by atoms with Gasteiger partial charge in [0.1, 0.15) is 0 Å². The number of amides is 2. The van der Waals surface area contributed by atoms with E-state index in [2.05, 4.69) is 5.32 Å². The lowest BCUT2D eigenvalue weighted by Gasteiger charge is -2.28.